The highest BCUT2D eigenvalue weighted by Crippen LogP contribution is 2.22. The molecule has 0 amide bonds. The van der Waals surface area contributed by atoms with E-state index in [9.17, 15) is 13.6 Å². The molecule has 2 aromatic heterocycles. The van der Waals surface area contributed by atoms with Gasteiger partial charge in [-0.2, -0.15) is 9.78 Å². The Balaban J connectivity index is 1.92. The molecule has 0 atom stereocenters. The minimum atomic E-state index is -0.438. The maximum Gasteiger partial charge on any atom is 0.298 e. The number of fused-ring (bicyclic) bond motifs is 3. The molecule has 0 bridgehead atoms. The Labute approximate surface area is 140 Å². The molecule has 0 saturated heterocycles. The third-order valence-electron chi connectivity index (χ3n) is 3.94. The Kier molecular flexibility index (Phi) is 3.42. The van der Waals surface area contributed by atoms with Gasteiger partial charge in [0.15, 0.2) is 0 Å². The van der Waals surface area contributed by atoms with Crippen LogP contribution in [0.5, 0.6) is 0 Å². The van der Waals surface area contributed by atoms with E-state index in [1.807, 2.05) is 0 Å². The van der Waals surface area contributed by atoms with Crippen molar-refractivity contribution in [3.63, 3.8) is 0 Å². The summed E-state index contributed by atoms with van der Waals surface area (Å²) in [6, 6.07) is 10.3. The van der Waals surface area contributed by atoms with Crippen molar-refractivity contribution < 1.29 is 8.78 Å². The predicted molar refractivity (Wildman–Crippen MR) is 91.9 cm³/mol. The molecule has 0 saturated carbocycles. The summed E-state index contributed by atoms with van der Waals surface area (Å²) >= 11 is 0. The van der Waals surface area contributed by atoms with Crippen molar-refractivity contribution in [2.24, 2.45) is 5.10 Å². The number of H-pyrrole nitrogens is 1. The van der Waals surface area contributed by atoms with Crippen LogP contribution in [0.3, 0.4) is 0 Å². The van der Waals surface area contributed by atoms with E-state index < -0.39 is 17.2 Å². The zero-order valence-corrected chi connectivity index (χ0v) is 13.1. The standard InChI is InChI=1S/C18H12F2N4O/c1-10-22-16-13-8-12(19)6-7-15(13)23-17(16)18(25)24(10)21-9-11-4-2-3-5-14(11)20/h2-9,23H,1H3/b21-9+. The Morgan fingerprint density at radius 2 is 2.00 bits per heavy atom. The highest BCUT2D eigenvalue weighted by molar-refractivity contribution is 6.04. The zero-order valence-electron chi connectivity index (χ0n) is 13.1. The lowest BCUT2D eigenvalue weighted by atomic mass is 10.2. The first-order valence-electron chi connectivity index (χ1n) is 7.54. The van der Waals surface area contributed by atoms with E-state index in [0.717, 1.165) is 4.68 Å². The fourth-order valence-corrected chi connectivity index (χ4v) is 2.72. The van der Waals surface area contributed by atoms with Crippen molar-refractivity contribution in [1.29, 1.82) is 0 Å². The number of rotatable bonds is 2. The van der Waals surface area contributed by atoms with Gasteiger partial charge in [-0.15, -0.1) is 0 Å². The van der Waals surface area contributed by atoms with Gasteiger partial charge in [0.1, 0.15) is 28.5 Å². The molecule has 5 nitrogen and oxygen atoms in total. The zero-order chi connectivity index (χ0) is 17.6. The Morgan fingerprint density at radius 3 is 2.80 bits per heavy atom. The first-order valence-corrected chi connectivity index (χ1v) is 7.54. The van der Waals surface area contributed by atoms with Crippen molar-refractivity contribution in [1.82, 2.24) is 14.6 Å². The number of aromatic amines is 1. The van der Waals surface area contributed by atoms with Crippen LogP contribution in [0, 0.1) is 18.6 Å². The SMILES string of the molecule is Cc1nc2c([nH]c3ccc(F)cc32)c(=O)n1/N=C/c1ccccc1F. The largest absolute Gasteiger partial charge is 0.349 e. The lowest BCUT2D eigenvalue weighted by Gasteiger charge is -2.03. The van der Waals surface area contributed by atoms with E-state index in [4.69, 9.17) is 0 Å². The first-order chi connectivity index (χ1) is 12.0. The Bertz CT molecular complexity index is 1210. The van der Waals surface area contributed by atoms with Gasteiger partial charge >= 0.3 is 0 Å². The molecule has 2 heterocycles. The molecule has 0 unspecified atom stereocenters. The second kappa shape index (κ2) is 5.62. The lowest BCUT2D eigenvalue weighted by molar-refractivity contribution is 0.625. The second-order valence-corrected chi connectivity index (χ2v) is 5.58. The highest BCUT2D eigenvalue weighted by Gasteiger charge is 2.13. The molecule has 0 spiro atoms. The number of nitrogens with one attached hydrogen (secondary N) is 1. The number of hydrogen-bond acceptors (Lipinski definition) is 3. The summed E-state index contributed by atoms with van der Waals surface area (Å²) in [5, 5.41) is 4.59. The van der Waals surface area contributed by atoms with Gasteiger partial charge in [0.2, 0.25) is 0 Å². The molecule has 0 radical (unpaired) electrons. The maximum absolute atomic E-state index is 13.7. The number of hydrogen-bond donors (Lipinski definition) is 1. The van der Waals surface area contributed by atoms with Crippen LogP contribution in [0.15, 0.2) is 52.4 Å². The number of aryl methyl sites for hydroxylation is 1. The molecule has 0 aliphatic rings. The summed E-state index contributed by atoms with van der Waals surface area (Å²) in [5.41, 5.74) is 1.03. The Morgan fingerprint density at radius 1 is 1.20 bits per heavy atom. The normalized spacial score (nSPS) is 11.8. The van der Waals surface area contributed by atoms with E-state index in [2.05, 4.69) is 15.1 Å². The van der Waals surface area contributed by atoms with Crippen molar-refractivity contribution in [3.8, 4) is 0 Å². The van der Waals surface area contributed by atoms with Gasteiger partial charge in [-0.05, 0) is 31.2 Å². The summed E-state index contributed by atoms with van der Waals surface area (Å²) in [4.78, 5) is 20.0. The molecule has 4 aromatic rings. The van der Waals surface area contributed by atoms with Crippen LogP contribution < -0.4 is 5.56 Å². The highest BCUT2D eigenvalue weighted by atomic mass is 19.1. The molecule has 0 aliphatic carbocycles. The van der Waals surface area contributed by atoms with Crippen LogP contribution in [0.4, 0.5) is 8.78 Å². The van der Waals surface area contributed by atoms with Crippen LogP contribution in [0.2, 0.25) is 0 Å². The van der Waals surface area contributed by atoms with Crippen molar-refractivity contribution in [3.05, 3.63) is 75.8 Å². The third kappa shape index (κ3) is 2.50. The van der Waals surface area contributed by atoms with Crippen LogP contribution in [0.1, 0.15) is 11.4 Å². The third-order valence-corrected chi connectivity index (χ3v) is 3.94. The van der Waals surface area contributed by atoms with E-state index in [1.54, 1.807) is 31.2 Å². The van der Waals surface area contributed by atoms with Gasteiger partial charge in [-0.25, -0.2) is 13.8 Å². The molecule has 2 aromatic carbocycles. The van der Waals surface area contributed by atoms with Crippen LogP contribution >= 0.6 is 0 Å². The van der Waals surface area contributed by atoms with Gasteiger partial charge in [-0.1, -0.05) is 18.2 Å². The minimum absolute atomic E-state index is 0.219. The predicted octanol–water partition coefficient (Wildman–Crippen LogP) is 3.35. The molecule has 124 valence electrons. The summed E-state index contributed by atoms with van der Waals surface area (Å²) in [7, 11) is 0. The van der Waals surface area contributed by atoms with Crippen molar-refractivity contribution in [2.75, 3.05) is 0 Å². The molecular formula is C18H12F2N4O. The summed E-state index contributed by atoms with van der Waals surface area (Å²) < 4.78 is 28.3. The number of benzene rings is 2. The molecule has 4 rings (SSSR count). The lowest BCUT2D eigenvalue weighted by Crippen LogP contribution is -2.20. The monoisotopic (exact) mass is 338 g/mol. The summed E-state index contributed by atoms with van der Waals surface area (Å²) in [5.74, 6) is -0.531. The van der Waals surface area contributed by atoms with Gasteiger partial charge in [0.25, 0.3) is 5.56 Å². The number of halogens is 2. The molecular weight excluding hydrogens is 326 g/mol. The second-order valence-electron chi connectivity index (χ2n) is 5.58. The minimum Gasteiger partial charge on any atom is -0.349 e. The molecule has 25 heavy (non-hydrogen) atoms. The summed E-state index contributed by atoms with van der Waals surface area (Å²) in [6.45, 7) is 1.61. The average Bonchev–Trinajstić information content (AvgIpc) is 2.94. The van der Waals surface area contributed by atoms with Crippen LogP contribution in [0.25, 0.3) is 21.9 Å². The van der Waals surface area contributed by atoms with Gasteiger partial charge < -0.3 is 4.98 Å². The van der Waals surface area contributed by atoms with E-state index in [0.29, 0.717) is 22.2 Å². The molecule has 0 fully saturated rings. The molecule has 7 heteroatoms. The van der Waals surface area contributed by atoms with Crippen molar-refractivity contribution in [2.45, 2.75) is 6.92 Å². The van der Waals surface area contributed by atoms with Crippen LogP contribution in [-0.2, 0) is 0 Å². The fourth-order valence-electron chi connectivity index (χ4n) is 2.72. The van der Waals surface area contributed by atoms with E-state index >= 15 is 0 Å². The quantitative estimate of drug-likeness (QED) is 0.570. The number of nitrogens with zero attached hydrogens (tertiary/aromatic N) is 3. The topological polar surface area (TPSA) is 63.0 Å². The van der Waals surface area contributed by atoms with Gasteiger partial charge in [-0.3, -0.25) is 4.79 Å². The van der Waals surface area contributed by atoms with Crippen molar-refractivity contribution >= 4 is 28.2 Å². The smallest absolute Gasteiger partial charge is 0.298 e. The first kappa shape index (κ1) is 15.2. The van der Waals surface area contributed by atoms with Gasteiger partial charge in [0, 0.05) is 16.5 Å². The molecule has 0 aliphatic heterocycles. The summed E-state index contributed by atoms with van der Waals surface area (Å²) in [6.07, 6.45) is 1.26. The fraction of sp³-hybridized carbons (Fsp3) is 0.0556. The number of aromatic nitrogens is 3. The van der Waals surface area contributed by atoms with E-state index in [-0.39, 0.29) is 11.1 Å². The van der Waals surface area contributed by atoms with Crippen LogP contribution in [-0.4, -0.2) is 20.9 Å². The molecule has 1 N–H and O–H groups in total. The van der Waals surface area contributed by atoms with Gasteiger partial charge in [0.05, 0.1) is 6.21 Å². The maximum atomic E-state index is 13.7. The average molecular weight is 338 g/mol. The van der Waals surface area contributed by atoms with E-state index in [1.165, 1.54) is 24.4 Å². The Hall–Kier alpha value is -3.35.